The summed E-state index contributed by atoms with van der Waals surface area (Å²) >= 11 is 0. The lowest BCUT2D eigenvalue weighted by Crippen LogP contribution is -2.58. The van der Waals surface area contributed by atoms with Gasteiger partial charge in [-0.05, 0) is 24.3 Å². The summed E-state index contributed by atoms with van der Waals surface area (Å²) in [6, 6.07) is 2.99. The van der Waals surface area contributed by atoms with E-state index in [4.69, 9.17) is 0 Å². The van der Waals surface area contributed by atoms with Crippen LogP contribution in [0, 0.1) is 5.82 Å². The van der Waals surface area contributed by atoms with Gasteiger partial charge in [0.15, 0.2) is 0 Å². The molecule has 0 aliphatic heterocycles. The van der Waals surface area contributed by atoms with Crippen molar-refractivity contribution < 1.29 is 45.0 Å². The molecule has 2 nitrogen and oxygen atoms in total. The van der Waals surface area contributed by atoms with Crippen LogP contribution in [0.2, 0.25) is 0 Å². The first-order chi connectivity index (χ1) is 9.80. The fourth-order valence-corrected chi connectivity index (χ4v) is 1.37. The number of halogens is 8. The lowest BCUT2D eigenvalue weighted by Gasteiger charge is -2.27. The second-order valence-electron chi connectivity index (χ2n) is 4.05. The molecule has 0 aromatic heterocycles. The van der Waals surface area contributed by atoms with Gasteiger partial charge in [-0.2, -0.15) is 26.3 Å². The van der Waals surface area contributed by atoms with E-state index in [9.17, 15) is 45.0 Å². The summed E-state index contributed by atoms with van der Waals surface area (Å²) in [6.45, 7) is 0. The maximum absolute atomic E-state index is 13.3. The standard InChI is InChI=1S/C12H6F8O2/c13-7-3-1-6(2-4-7)8(21)5-9(22)10(14,11(15,16)17)12(18,19)20/h1-5,21H/b8-5-. The average molecular weight is 334 g/mol. The van der Waals surface area contributed by atoms with Crippen LogP contribution in [-0.4, -0.2) is 28.9 Å². The molecule has 0 spiro atoms. The third-order valence-corrected chi connectivity index (χ3v) is 2.53. The molecule has 0 radical (unpaired) electrons. The van der Waals surface area contributed by atoms with E-state index in [2.05, 4.69) is 0 Å². The van der Waals surface area contributed by atoms with Crippen LogP contribution in [0.25, 0.3) is 5.76 Å². The Kier molecular flexibility index (Phi) is 4.54. The highest BCUT2D eigenvalue weighted by molar-refractivity contribution is 6.02. The van der Waals surface area contributed by atoms with Gasteiger partial charge in [-0.3, -0.25) is 4.79 Å². The minimum Gasteiger partial charge on any atom is -0.507 e. The fraction of sp³-hybridized carbons (Fsp3) is 0.250. The van der Waals surface area contributed by atoms with Crippen molar-refractivity contribution in [2.45, 2.75) is 18.0 Å². The monoisotopic (exact) mass is 334 g/mol. The SMILES string of the molecule is O=C(/C=C(\O)c1ccc(F)cc1)C(F)(C(F)(F)F)C(F)(F)F. The van der Waals surface area contributed by atoms with E-state index in [-0.39, 0.29) is 0 Å². The Morgan fingerprint density at radius 3 is 1.68 bits per heavy atom. The average Bonchev–Trinajstić information content (AvgIpc) is 2.35. The molecule has 0 atom stereocenters. The molecule has 1 aromatic rings. The summed E-state index contributed by atoms with van der Waals surface area (Å²) in [5.41, 5.74) is -6.63. The summed E-state index contributed by atoms with van der Waals surface area (Å²) in [5.74, 6) is -5.23. The van der Waals surface area contributed by atoms with Gasteiger partial charge in [-0.25, -0.2) is 8.78 Å². The molecule has 10 heteroatoms. The number of hydrogen-bond acceptors (Lipinski definition) is 2. The number of allylic oxidation sites excluding steroid dienone is 1. The van der Waals surface area contributed by atoms with Crippen LogP contribution in [0.1, 0.15) is 5.56 Å². The Labute approximate surface area is 117 Å². The summed E-state index contributed by atoms with van der Waals surface area (Å²) in [7, 11) is 0. The first kappa shape index (κ1) is 17.9. The van der Waals surface area contributed by atoms with Crippen molar-refractivity contribution in [3.05, 3.63) is 41.7 Å². The van der Waals surface area contributed by atoms with Crippen LogP contribution < -0.4 is 0 Å². The molecule has 1 rings (SSSR count). The second kappa shape index (κ2) is 5.58. The minimum absolute atomic E-state index is 0.471. The van der Waals surface area contributed by atoms with Crippen LogP contribution in [0.15, 0.2) is 30.3 Å². The number of aliphatic hydroxyl groups is 1. The Hall–Kier alpha value is -2.13. The third-order valence-electron chi connectivity index (χ3n) is 2.53. The molecule has 22 heavy (non-hydrogen) atoms. The minimum atomic E-state index is -6.57. The molecular weight excluding hydrogens is 328 g/mol. The fourth-order valence-electron chi connectivity index (χ4n) is 1.37. The largest absolute Gasteiger partial charge is 0.507 e. The van der Waals surface area contributed by atoms with E-state index < -0.39 is 47.0 Å². The van der Waals surface area contributed by atoms with Gasteiger partial charge in [0.1, 0.15) is 11.6 Å². The van der Waals surface area contributed by atoms with E-state index in [0.717, 1.165) is 24.3 Å². The normalized spacial score (nSPS) is 14.1. The van der Waals surface area contributed by atoms with Gasteiger partial charge in [-0.15, -0.1) is 0 Å². The van der Waals surface area contributed by atoms with Crippen molar-refractivity contribution in [2.24, 2.45) is 0 Å². The van der Waals surface area contributed by atoms with Crippen molar-refractivity contribution >= 4 is 11.5 Å². The van der Waals surface area contributed by atoms with E-state index in [1.54, 1.807) is 0 Å². The molecule has 0 aliphatic rings. The quantitative estimate of drug-likeness (QED) is 0.513. The predicted molar refractivity (Wildman–Crippen MR) is 58.0 cm³/mol. The maximum Gasteiger partial charge on any atom is 0.439 e. The lowest BCUT2D eigenvalue weighted by molar-refractivity contribution is -0.323. The van der Waals surface area contributed by atoms with Gasteiger partial charge in [0, 0.05) is 11.6 Å². The molecule has 1 N–H and O–H groups in total. The van der Waals surface area contributed by atoms with Gasteiger partial charge in [-0.1, -0.05) is 0 Å². The molecule has 0 bridgehead atoms. The molecule has 0 heterocycles. The van der Waals surface area contributed by atoms with Crippen molar-refractivity contribution in [2.75, 3.05) is 0 Å². The summed E-state index contributed by atoms with van der Waals surface area (Å²) in [4.78, 5) is 11.1. The zero-order chi connectivity index (χ0) is 17.3. The smallest absolute Gasteiger partial charge is 0.439 e. The van der Waals surface area contributed by atoms with Crippen molar-refractivity contribution in [1.29, 1.82) is 0 Å². The van der Waals surface area contributed by atoms with Crippen LogP contribution in [-0.2, 0) is 4.79 Å². The van der Waals surface area contributed by atoms with E-state index in [1.165, 1.54) is 0 Å². The van der Waals surface area contributed by atoms with Crippen molar-refractivity contribution in [1.82, 2.24) is 0 Å². The molecule has 1 aromatic carbocycles. The van der Waals surface area contributed by atoms with E-state index in [1.807, 2.05) is 0 Å². The Morgan fingerprint density at radius 2 is 1.32 bits per heavy atom. The zero-order valence-corrected chi connectivity index (χ0v) is 10.3. The molecule has 122 valence electrons. The van der Waals surface area contributed by atoms with Gasteiger partial charge in [0.25, 0.3) is 0 Å². The van der Waals surface area contributed by atoms with Crippen LogP contribution >= 0.6 is 0 Å². The zero-order valence-electron chi connectivity index (χ0n) is 10.3. The first-order valence-electron chi connectivity index (χ1n) is 5.34. The van der Waals surface area contributed by atoms with Gasteiger partial charge < -0.3 is 5.11 Å². The molecule has 0 saturated carbocycles. The van der Waals surface area contributed by atoms with Crippen LogP contribution in [0.4, 0.5) is 35.1 Å². The summed E-state index contributed by atoms with van der Waals surface area (Å²) < 4.78 is 99.6. The highest BCUT2D eigenvalue weighted by Crippen LogP contribution is 2.47. The summed E-state index contributed by atoms with van der Waals surface area (Å²) in [6.07, 6.45) is -13.7. The molecule has 0 aliphatic carbocycles. The Balaban J connectivity index is 3.27. The number of benzene rings is 1. The molecule has 0 saturated heterocycles. The van der Waals surface area contributed by atoms with Crippen LogP contribution in [0.3, 0.4) is 0 Å². The number of aliphatic hydroxyl groups excluding tert-OH is 1. The lowest BCUT2D eigenvalue weighted by atomic mass is 9.97. The second-order valence-corrected chi connectivity index (χ2v) is 4.05. The number of alkyl halides is 7. The van der Waals surface area contributed by atoms with Crippen molar-refractivity contribution in [3.63, 3.8) is 0 Å². The Morgan fingerprint density at radius 1 is 0.909 bits per heavy atom. The van der Waals surface area contributed by atoms with Gasteiger partial charge in [0.2, 0.25) is 5.78 Å². The number of rotatable bonds is 3. The molecular formula is C12H6F8O2. The van der Waals surface area contributed by atoms with E-state index in [0.29, 0.717) is 0 Å². The first-order valence-corrected chi connectivity index (χ1v) is 5.34. The third kappa shape index (κ3) is 3.20. The molecule has 0 fully saturated rings. The molecule has 0 unspecified atom stereocenters. The highest BCUT2D eigenvalue weighted by Gasteiger charge is 2.76. The summed E-state index contributed by atoms with van der Waals surface area (Å²) in [5, 5.41) is 9.29. The highest BCUT2D eigenvalue weighted by atomic mass is 19.4. The predicted octanol–water partition coefficient (Wildman–Crippen LogP) is 4.13. The van der Waals surface area contributed by atoms with Crippen LogP contribution in [0.5, 0.6) is 0 Å². The number of carbonyl (C=O) groups is 1. The van der Waals surface area contributed by atoms with E-state index >= 15 is 0 Å². The topological polar surface area (TPSA) is 37.3 Å². The van der Waals surface area contributed by atoms with Gasteiger partial charge >= 0.3 is 18.0 Å². The number of carbonyl (C=O) groups excluding carboxylic acids is 1. The Bertz CT molecular complexity index is 569. The van der Waals surface area contributed by atoms with Crippen molar-refractivity contribution in [3.8, 4) is 0 Å². The number of ketones is 1. The van der Waals surface area contributed by atoms with Gasteiger partial charge in [0.05, 0.1) is 0 Å². The number of hydrogen-bond donors (Lipinski definition) is 1. The maximum atomic E-state index is 13.3. The molecule has 0 amide bonds.